The summed E-state index contributed by atoms with van der Waals surface area (Å²) in [6.45, 7) is 7.57. The van der Waals surface area contributed by atoms with E-state index in [0.29, 0.717) is 52.7 Å². The Morgan fingerprint density at radius 3 is 2.47 bits per heavy atom. The third-order valence-electron chi connectivity index (χ3n) is 11.4. The fourth-order valence-electron chi connectivity index (χ4n) is 8.12. The fraction of sp³-hybridized carbons (Fsp3) is 0.439. The van der Waals surface area contributed by atoms with Crippen LogP contribution in [-0.2, 0) is 21.4 Å². The number of piperidine rings is 2. The summed E-state index contributed by atoms with van der Waals surface area (Å²) in [5.74, 6) is -1.15. The van der Waals surface area contributed by atoms with E-state index in [0.717, 1.165) is 37.9 Å². The Labute approximate surface area is 345 Å². The van der Waals surface area contributed by atoms with Crippen molar-refractivity contribution in [3.05, 3.63) is 75.4 Å². The van der Waals surface area contributed by atoms with E-state index in [1.807, 2.05) is 23.1 Å². The van der Waals surface area contributed by atoms with E-state index >= 15 is 4.39 Å². The van der Waals surface area contributed by atoms with E-state index in [-0.39, 0.29) is 54.3 Å². The number of imide groups is 1. The van der Waals surface area contributed by atoms with Gasteiger partial charge in [0.05, 0.1) is 23.0 Å². The number of nitrogens with one attached hydrogen (secondary N) is 4. The molecular weight excluding hydrogens is 783 g/mol. The van der Waals surface area contributed by atoms with E-state index in [2.05, 4.69) is 49.9 Å². The van der Waals surface area contributed by atoms with Gasteiger partial charge in [-0.25, -0.2) is 9.37 Å². The van der Waals surface area contributed by atoms with Gasteiger partial charge in [-0.1, -0.05) is 17.7 Å². The molecule has 3 fully saturated rings. The topological polar surface area (TPSA) is 183 Å². The number of hydrogen-bond donors (Lipinski definition) is 4. The van der Waals surface area contributed by atoms with Gasteiger partial charge >= 0.3 is 0 Å². The number of aromatic nitrogens is 3. The highest BCUT2D eigenvalue weighted by molar-refractivity contribution is 6.33. The van der Waals surface area contributed by atoms with Gasteiger partial charge < -0.3 is 35.1 Å². The molecule has 0 spiro atoms. The molecule has 0 saturated carbocycles. The van der Waals surface area contributed by atoms with Gasteiger partial charge in [0.1, 0.15) is 11.1 Å². The Morgan fingerprint density at radius 1 is 1.02 bits per heavy atom. The van der Waals surface area contributed by atoms with E-state index in [1.165, 1.54) is 17.7 Å². The fourth-order valence-corrected chi connectivity index (χ4v) is 8.26. The molecule has 5 heterocycles. The quantitative estimate of drug-likeness (QED) is 0.162. The van der Waals surface area contributed by atoms with E-state index in [1.54, 1.807) is 31.4 Å². The number of fused-ring (bicyclic) bond motifs is 1. The molecule has 7 rings (SSSR count). The van der Waals surface area contributed by atoms with Crippen molar-refractivity contribution < 1.29 is 28.3 Å². The van der Waals surface area contributed by atoms with Gasteiger partial charge in [0.2, 0.25) is 17.8 Å². The molecule has 0 bridgehead atoms. The minimum atomic E-state index is -0.894. The summed E-state index contributed by atoms with van der Waals surface area (Å²) in [4.78, 5) is 77.2. The van der Waals surface area contributed by atoms with Gasteiger partial charge in [0, 0.05) is 76.4 Å². The van der Waals surface area contributed by atoms with Crippen LogP contribution in [0.2, 0.25) is 5.02 Å². The molecule has 59 heavy (non-hydrogen) atoms. The summed E-state index contributed by atoms with van der Waals surface area (Å²) in [5.41, 5.74) is 1.22. The predicted molar refractivity (Wildman–Crippen MR) is 222 cm³/mol. The molecule has 4 amide bonds. The van der Waals surface area contributed by atoms with Gasteiger partial charge in [0.25, 0.3) is 17.4 Å². The lowest BCUT2D eigenvalue weighted by atomic mass is 9.94. The maximum Gasteiger partial charge on any atom is 0.293 e. The third-order valence-corrected chi connectivity index (χ3v) is 11.7. The van der Waals surface area contributed by atoms with Crippen LogP contribution in [0, 0.1) is 11.7 Å². The van der Waals surface area contributed by atoms with Crippen LogP contribution < -0.4 is 41.4 Å². The second-order valence-corrected chi connectivity index (χ2v) is 15.9. The number of likely N-dealkylation sites (N-methyl/N-ethyl adjacent to an activating group) is 1. The summed E-state index contributed by atoms with van der Waals surface area (Å²) >= 11 is 6.56. The highest BCUT2D eigenvalue weighted by Gasteiger charge is 2.35. The Bertz CT molecular complexity index is 2320. The van der Waals surface area contributed by atoms with Crippen molar-refractivity contribution >= 4 is 69.3 Å². The zero-order chi connectivity index (χ0) is 42.0. The minimum absolute atomic E-state index is 0.0625. The number of piperazine rings is 1. The van der Waals surface area contributed by atoms with E-state index in [4.69, 9.17) is 21.3 Å². The first-order chi connectivity index (χ1) is 28.3. The van der Waals surface area contributed by atoms with Crippen molar-refractivity contribution in [2.45, 2.75) is 57.7 Å². The lowest BCUT2D eigenvalue weighted by Crippen LogP contribution is -2.58. The standard InChI is InChI=1S/C41H48ClFN10O6/c1-23-19-52(32-7-5-6-28(36(32)43)38(56)47-30-9-11-34(54)48-39(30)57)20-24(2)53(23)21-25-12-14-51(15-13-25)41-45-18-29(42)37(49-41)46-27-8-10-31-26(16-27)17-33(40(58)50(31)4)59-22-35(55)44-3/h5-8,10,16-18,23-25,30H,9,11-15,19-22H2,1-4H3,(H,44,55)(H,47,56)(H,45,46,49)(H,48,54,57)/t23-,24+,30?. The number of benzene rings is 2. The average Bonchev–Trinajstić information content (AvgIpc) is 3.22. The summed E-state index contributed by atoms with van der Waals surface area (Å²) in [6, 6.07) is 11.2. The lowest BCUT2D eigenvalue weighted by Gasteiger charge is -2.47. The molecule has 3 aliphatic heterocycles. The maximum atomic E-state index is 15.9. The van der Waals surface area contributed by atoms with Gasteiger partial charge in [-0.05, 0) is 75.4 Å². The number of hydrogen-bond acceptors (Lipinski definition) is 12. The van der Waals surface area contributed by atoms with Crippen LogP contribution >= 0.6 is 11.6 Å². The smallest absolute Gasteiger partial charge is 0.293 e. The number of ether oxygens (including phenoxy) is 1. The summed E-state index contributed by atoms with van der Waals surface area (Å²) in [5, 5.41) is 11.6. The molecular formula is C41H48ClFN10O6. The van der Waals surface area contributed by atoms with Crippen LogP contribution in [0.25, 0.3) is 10.9 Å². The van der Waals surface area contributed by atoms with E-state index < -0.39 is 29.6 Å². The predicted octanol–water partition coefficient (Wildman–Crippen LogP) is 3.34. The normalized spacial score (nSPS) is 20.3. The highest BCUT2D eigenvalue weighted by Crippen LogP contribution is 2.32. The first-order valence-electron chi connectivity index (χ1n) is 19.7. The van der Waals surface area contributed by atoms with Gasteiger partial charge in [-0.2, -0.15) is 4.98 Å². The van der Waals surface area contributed by atoms with E-state index in [9.17, 15) is 24.0 Å². The Morgan fingerprint density at radius 2 is 1.76 bits per heavy atom. The Hall–Kier alpha value is -5.81. The number of amides is 4. The van der Waals surface area contributed by atoms with Crippen LogP contribution in [0.4, 0.5) is 27.5 Å². The number of nitrogens with zero attached hydrogens (tertiary/aromatic N) is 6. The average molecular weight is 831 g/mol. The number of carbonyl (C=O) groups excluding carboxylic acids is 4. The number of carbonyl (C=O) groups is 4. The second-order valence-electron chi connectivity index (χ2n) is 15.4. The third kappa shape index (κ3) is 9.10. The van der Waals surface area contributed by atoms with Crippen molar-refractivity contribution in [2.24, 2.45) is 13.0 Å². The molecule has 1 unspecified atom stereocenters. The van der Waals surface area contributed by atoms with Crippen LogP contribution in [0.3, 0.4) is 0 Å². The van der Waals surface area contributed by atoms with Gasteiger partial charge in [-0.15, -0.1) is 0 Å². The van der Waals surface area contributed by atoms with Crippen LogP contribution in [-0.4, -0.2) is 108 Å². The number of aryl methyl sites for hydroxylation is 1. The van der Waals surface area contributed by atoms with Crippen molar-refractivity contribution in [2.75, 3.05) is 61.5 Å². The first kappa shape index (κ1) is 41.4. The number of pyridine rings is 1. The molecule has 3 aliphatic rings. The minimum Gasteiger partial charge on any atom is -0.478 e. The van der Waals surface area contributed by atoms with Crippen molar-refractivity contribution in [3.8, 4) is 5.75 Å². The summed E-state index contributed by atoms with van der Waals surface area (Å²) < 4.78 is 22.9. The highest BCUT2D eigenvalue weighted by atomic mass is 35.5. The monoisotopic (exact) mass is 830 g/mol. The number of rotatable bonds is 11. The molecule has 18 heteroatoms. The molecule has 3 saturated heterocycles. The molecule has 4 aromatic rings. The van der Waals surface area contributed by atoms with Crippen molar-refractivity contribution in [3.63, 3.8) is 0 Å². The molecule has 2 aromatic heterocycles. The molecule has 16 nitrogen and oxygen atoms in total. The summed E-state index contributed by atoms with van der Waals surface area (Å²) in [7, 11) is 3.14. The molecule has 2 aromatic carbocycles. The number of anilines is 4. The number of halogens is 2. The lowest BCUT2D eigenvalue weighted by molar-refractivity contribution is -0.134. The van der Waals surface area contributed by atoms with Gasteiger partial charge in [-0.3, -0.25) is 34.2 Å². The maximum absolute atomic E-state index is 15.9. The van der Waals surface area contributed by atoms with Crippen LogP contribution in [0.15, 0.2) is 53.5 Å². The molecule has 0 radical (unpaired) electrons. The Kier molecular flexibility index (Phi) is 12.3. The largest absolute Gasteiger partial charge is 0.478 e. The second kappa shape index (κ2) is 17.6. The van der Waals surface area contributed by atoms with Crippen LogP contribution in [0.1, 0.15) is 49.9 Å². The van der Waals surface area contributed by atoms with Crippen molar-refractivity contribution in [1.82, 2.24) is 35.4 Å². The molecule has 0 aliphatic carbocycles. The van der Waals surface area contributed by atoms with Gasteiger partial charge in [0.15, 0.2) is 24.0 Å². The zero-order valence-corrected chi connectivity index (χ0v) is 34.1. The molecule has 4 N–H and O–H groups in total. The molecule has 312 valence electrons. The molecule has 3 atom stereocenters. The first-order valence-corrected chi connectivity index (χ1v) is 20.1. The zero-order valence-electron chi connectivity index (χ0n) is 33.4. The van der Waals surface area contributed by atoms with Crippen LogP contribution in [0.5, 0.6) is 5.75 Å². The van der Waals surface area contributed by atoms with Crippen molar-refractivity contribution in [1.29, 1.82) is 0 Å². The Balaban J connectivity index is 0.947. The SMILES string of the molecule is CNC(=O)COc1cc2cc(Nc3nc(N4CCC(CN5[C@H](C)CN(c6cccc(C(=O)NC7CCC(=O)NC7=O)c6F)C[C@@H]5C)CC4)ncc3Cl)ccc2n(C)c1=O. The summed E-state index contributed by atoms with van der Waals surface area (Å²) in [6.07, 6.45) is 3.72.